The van der Waals surface area contributed by atoms with E-state index in [-0.39, 0.29) is 0 Å². The van der Waals surface area contributed by atoms with Crippen LogP contribution in [0.3, 0.4) is 0 Å². The molecule has 0 radical (unpaired) electrons. The molecule has 0 saturated carbocycles. The monoisotopic (exact) mass is 154 g/mol. The molecule has 0 aromatic heterocycles. The summed E-state index contributed by atoms with van der Waals surface area (Å²) in [6, 6.07) is 0. The van der Waals surface area contributed by atoms with Crippen LogP contribution < -0.4 is 0 Å². The summed E-state index contributed by atoms with van der Waals surface area (Å²) >= 11 is 0. The molecule has 0 bridgehead atoms. The van der Waals surface area contributed by atoms with Crippen molar-refractivity contribution in [3.8, 4) is 0 Å². The number of carbonyl (C=O) groups is 1. The van der Waals surface area contributed by atoms with Crippen LogP contribution in [0.15, 0.2) is 0 Å². The van der Waals surface area contributed by atoms with Crippen molar-refractivity contribution in [3.63, 3.8) is 0 Å². The van der Waals surface area contributed by atoms with Gasteiger partial charge in [-0.15, -0.1) is 0 Å². The molecule has 0 aliphatic carbocycles. The zero-order chi connectivity index (χ0) is 8.78. The Labute approximate surface area is 59.2 Å². The van der Waals surface area contributed by atoms with Crippen LogP contribution in [-0.4, -0.2) is 19.0 Å². The maximum absolute atomic E-state index is 11.6. The van der Waals surface area contributed by atoms with Gasteiger partial charge in [0.25, 0.3) is 0 Å². The predicted molar refractivity (Wildman–Crippen MR) is 34.0 cm³/mol. The van der Waals surface area contributed by atoms with E-state index in [2.05, 4.69) is 4.74 Å². The highest BCUT2D eigenvalue weighted by Gasteiger charge is 2.33. The van der Waals surface area contributed by atoms with E-state index in [1.165, 1.54) is 0 Å². The highest BCUT2D eigenvalue weighted by Crippen LogP contribution is 2.11. The van der Waals surface area contributed by atoms with Gasteiger partial charge in [0.1, 0.15) is 0 Å². The smallest absolute Gasteiger partial charge is 0.376 e. The van der Waals surface area contributed by atoms with Gasteiger partial charge in [-0.3, -0.25) is 0 Å². The van der Waals surface area contributed by atoms with Gasteiger partial charge in [0.05, 0.1) is 7.11 Å². The number of hydrogen-bond acceptors (Lipinski definition) is 2. The minimum atomic E-state index is -3.35. The second kappa shape index (κ2) is 5.14. The number of hydrogen-bond donors (Lipinski definition) is 0. The van der Waals surface area contributed by atoms with E-state index in [1.807, 2.05) is 13.8 Å². The minimum absolute atomic E-state index is 0.485. The van der Waals surface area contributed by atoms with Gasteiger partial charge >= 0.3 is 11.9 Å². The first-order valence-electron chi connectivity index (χ1n) is 2.94. The second-order valence-electron chi connectivity index (χ2n) is 1.38. The number of ether oxygens (including phenoxy) is 1. The Morgan fingerprint density at radius 1 is 1.40 bits per heavy atom. The topological polar surface area (TPSA) is 26.3 Å². The molecule has 0 unspecified atom stereocenters. The van der Waals surface area contributed by atoms with E-state index in [1.54, 1.807) is 0 Å². The van der Waals surface area contributed by atoms with Crippen molar-refractivity contribution < 1.29 is 18.3 Å². The third-order valence-corrected chi connectivity index (χ3v) is 0.544. The number of alkyl halides is 2. The molecule has 0 heterocycles. The molecule has 62 valence electrons. The molecule has 0 rings (SSSR count). The lowest BCUT2D eigenvalue weighted by atomic mass is 10.4. The Morgan fingerprint density at radius 3 is 1.70 bits per heavy atom. The van der Waals surface area contributed by atoms with Crippen molar-refractivity contribution in [2.75, 3.05) is 7.11 Å². The summed E-state index contributed by atoms with van der Waals surface area (Å²) in [6.07, 6.45) is 0. The summed E-state index contributed by atoms with van der Waals surface area (Å²) in [5, 5.41) is 0. The fourth-order valence-electron chi connectivity index (χ4n) is 0.179. The van der Waals surface area contributed by atoms with Gasteiger partial charge in [-0.05, 0) is 0 Å². The molecule has 0 saturated heterocycles. The third kappa shape index (κ3) is 5.47. The molecule has 2 nitrogen and oxygen atoms in total. The lowest BCUT2D eigenvalue weighted by Crippen LogP contribution is -2.25. The summed E-state index contributed by atoms with van der Waals surface area (Å²) in [4.78, 5) is 9.86. The first kappa shape index (κ1) is 12.0. The van der Waals surface area contributed by atoms with E-state index >= 15 is 0 Å². The summed E-state index contributed by atoms with van der Waals surface area (Å²) in [6.45, 7) is 4.48. The Kier molecular flexibility index (Phi) is 6.20. The fraction of sp³-hybridized carbons (Fsp3) is 0.833. The van der Waals surface area contributed by atoms with Gasteiger partial charge in [-0.1, -0.05) is 13.8 Å². The molecule has 0 aliphatic heterocycles. The molecule has 0 fully saturated rings. The third-order valence-electron chi connectivity index (χ3n) is 0.544. The molecule has 10 heavy (non-hydrogen) atoms. The molecule has 0 aromatic carbocycles. The van der Waals surface area contributed by atoms with Gasteiger partial charge in [-0.25, -0.2) is 4.79 Å². The normalized spacial score (nSPS) is 9.40. The Balaban J connectivity index is 0. The van der Waals surface area contributed by atoms with Crippen molar-refractivity contribution >= 4 is 5.97 Å². The van der Waals surface area contributed by atoms with E-state index in [0.717, 1.165) is 7.11 Å². The van der Waals surface area contributed by atoms with Crippen LogP contribution >= 0.6 is 0 Å². The first-order valence-corrected chi connectivity index (χ1v) is 2.94. The van der Waals surface area contributed by atoms with Gasteiger partial charge in [-0.2, -0.15) is 8.78 Å². The number of methoxy groups -OCH3 is 1. The number of halogens is 2. The fourth-order valence-corrected chi connectivity index (χ4v) is 0.179. The van der Waals surface area contributed by atoms with Gasteiger partial charge < -0.3 is 4.74 Å². The highest BCUT2D eigenvalue weighted by atomic mass is 19.3. The maximum atomic E-state index is 11.6. The van der Waals surface area contributed by atoms with Crippen molar-refractivity contribution in [2.24, 2.45) is 0 Å². The van der Waals surface area contributed by atoms with E-state index < -0.39 is 11.9 Å². The van der Waals surface area contributed by atoms with Crippen LogP contribution in [0.5, 0.6) is 0 Å². The molecule has 0 amide bonds. The van der Waals surface area contributed by atoms with E-state index in [9.17, 15) is 13.6 Å². The van der Waals surface area contributed by atoms with Crippen molar-refractivity contribution in [1.82, 2.24) is 0 Å². The summed E-state index contributed by atoms with van der Waals surface area (Å²) in [7, 11) is 0.916. The average molecular weight is 154 g/mol. The number of carbonyl (C=O) groups excluding carboxylic acids is 1. The van der Waals surface area contributed by atoms with E-state index in [4.69, 9.17) is 0 Å². The zero-order valence-electron chi connectivity index (χ0n) is 6.57. The van der Waals surface area contributed by atoms with Crippen molar-refractivity contribution in [1.29, 1.82) is 0 Å². The van der Waals surface area contributed by atoms with Crippen LogP contribution in [-0.2, 0) is 9.53 Å². The van der Waals surface area contributed by atoms with Crippen molar-refractivity contribution in [2.45, 2.75) is 26.7 Å². The number of esters is 1. The van der Waals surface area contributed by atoms with Crippen LogP contribution in [0.25, 0.3) is 0 Å². The molecule has 0 aromatic rings. The highest BCUT2D eigenvalue weighted by molar-refractivity contribution is 5.76. The lowest BCUT2D eigenvalue weighted by Gasteiger charge is -2.04. The number of rotatable bonds is 1. The standard InChI is InChI=1S/C4H6F2O2.C2H6/c1-4(5,6)3(7)8-2;1-2/h1-2H3;1-2H3. The molecule has 0 N–H and O–H groups in total. The summed E-state index contributed by atoms with van der Waals surface area (Å²) < 4.78 is 27.0. The van der Waals surface area contributed by atoms with Crippen LogP contribution in [0, 0.1) is 0 Å². The average Bonchev–Trinajstić information content (AvgIpc) is 1.89. The molecule has 4 heteroatoms. The maximum Gasteiger partial charge on any atom is 0.376 e. The Bertz CT molecular complexity index is 96.4. The lowest BCUT2D eigenvalue weighted by molar-refractivity contribution is -0.165. The van der Waals surface area contributed by atoms with Gasteiger partial charge in [0.15, 0.2) is 0 Å². The van der Waals surface area contributed by atoms with Crippen molar-refractivity contribution in [3.05, 3.63) is 0 Å². The molecule has 0 aliphatic rings. The SMILES string of the molecule is CC.COC(=O)C(C)(F)F. The van der Waals surface area contributed by atoms with Crippen LogP contribution in [0.4, 0.5) is 8.78 Å². The predicted octanol–water partition coefficient (Wildman–Crippen LogP) is 1.84. The molecular formula is C6H12F2O2. The Hall–Kier alpha value is -0.670. The first-order chi connectivity index (χ1) is 4.48. The zero-order valence-corrected chi connectivity index (χ0v) is 6.57. The molecule has 0 atom stereocenters. The van der Waals surface area contributed by atoms with Crippen LogP contribution in [0.2, 0.25) is 0 Å². The van der Waals surface area contributed by atoms with Gasteiger partial charge in [0.2, 0.25) is 0 Å². The molecule has 0 spiro atoms. The second-order valence-corrected chi connectivity index (χ2v) is 1.38. The quantitative estimate of drug-likeness (QED) is 0.538. The summed E-state index contributed by atoms with van der Waals surface area (Å²) in [5.74, 6) is -4.85. The summed E-state index contributed by atoms with van der Waals surface area (Å²) in [5.41, 5.74) is 0. The Morgan fingerprint density at radius 2 is 1.70 bits per heavy atom. The van der Waals surface area contributed by atoms with Gasteiger partial charge in [0, 0.05) is 6.92 Å². The van der Waals surface area contributed by atoms with Crippen LogP contribution in [0.1, 0.15) is 20.8 Å². The minimum Gasteiger partial charge on any atom is -0.465 e. The largest absolute Gasteiger partial charge is 0.465 e. The molecular weight excluding hydrogens is 142 g/mol. The van der Waals surface area contributed by atoms with E-state index in [0.29, 0.717) is 6.92 Å².